The topological polar surface area (TPSA) is 43.4 Å². The fourth-order valence-corrected chi connectivity index (χ4v) is 10.6. The number of benzene rings is 3. The number of hydrogen-bond donors (Lipinski definition) is 0. The van der Waals surface area contributed by atoms with Crippen molar-refractivity contribution in [2.24, 2.45) is 0 Å². The molecule has 0 aliphatic rings. The summed E-state index contributed by atoms with van der Waals surface area (Å²) >= 11 is 0. The van der Waals surface area contributed by atoms with Crippen LogP contribution in [0, 0.1) is 0 Å². The summed E-state index contributed by atoms with van der Waals surface area (Å²) in [5.74, 6) is 0. The molecule has 158 valence electrons. The molecule has 3 nitrogen and oxygen atoms in total. The van der Waals surface area contributed by atoms with Crippen LogP contribution in [0.25, 0.3) is 0 Å². The van der Waals surface area contributed by atoms with Crippen molar-refractivity contribution in [3.05, 3.63) is 103 Å². The van der Waals surface area contributed by atoms with Crippen molar-refractivity contribution in [3.8, 4) is 0 Å². The molecule has 0 fully saturated rings. The van der Waals surface area contributed by atoms with Gasteiger partial charge in [-0.25, -0.2) is 0 Å². The Labute approximate surface area is 171 Å². The molecule has 0 unspecified atom stereocenters. The summed E-state index contributed by atoms with van der Waals surface area (Å²) in [5.41, 5.74) is -7.10. The van der Waals surface area contributed by atoms with Crippen molar-refractivity contribution in [3.63, 3.8) is 0 Å². The first-order valence-electron chi connectivity index (χ1n) is 8.62. The van der Waals surface area contributed by atoms with E-state index in [1.54, 1.807) is 18.2 Å². The Hall–Kier alpha value is -2.54. The van der Waals surface area contributed by atoms with Gasteiger partial charge >= 0.3 is 171 Å². The second kappa shape index (κ2) is 7.61. The van der Waals surface area contributed by atoms with Crippen LogP contribution < -0.4 is 15.9 Å². The van der Waals surface area contributed by atoms with E-state index in [9.17, 15) is 21.6 Å². The van der Waals surface area contributed by atoms with Crippen LogP contribution in [0.4, 0.5) is 17.6 Å². The third-order valence-electron chi connectivity index (χ3n) is 4.74. The minimum atomic E-state index is -6.25. The van der Waals surface area contributed by atoms with Gasteiger partial charge in [-0.05, 0) is 0 Å². The first-order chi connectivity index (χ1) is 14.1. The van der Waals surface area contributed by atoms with Crippen LogP contribution in [0.5, 0.6) is 0 Å². The third kappa shape index (κ3) is 3.16. The average molecular weight is 456 g/mol. The summed E-state index contributed by atoms with van der Waals surface area (Å²) in [7, 11) is -6.25. The standard InChI is InChI=1S/C21H17F4O3PS/c1-17(22)29(18-11-5-2-6-12-18,19-13-7-3-8-14-19,20-15-9-4-10-16-20)28-30(26,27)21(23,24)25/h2-16H,1H2. The molecule has 0 aliphatic carbocycles. The van der Waals surface area contributed by atoms with E-state index in [-0.39, 0.29) is 15.9 Å². The zero-order valence-corrected chi connectivity index (χ0v) is 17.2. The molecule has 0 saturated heterocycles. The second-order valence-corrected chi connectivity index (χ2v) is 12.5. The van der Waals surface area contributed by atoms with Gasteiger partial charge < -0.3 is 0 Å². The molecule has 0 amide bonds. The van der Waals surface area contributed by atoms with Crippen LogP contribution in [0.2, 0.25) is 0 Å². The van der Waals surface area contributed by atoms with Gasteiger partial charge in [-0.1, -0.05) is 0 Å². The van der Waals surface area contributed by atoms with Crippen LogP contribution in [-0.4, -0.2) is 13.9 Å². The molecule has 3 aromatic rings. The molecule has 30 heavy (non-hydrogen) atoms. The Bertz CT molecular complexity index is 1050. The number of hydrogen-bond acceptors (Lipinski definition) is 3. The Morgan fingerprint density at radius 1 is 0.733 bits per heavy atom. The fourth-order valence-electron chi connectivity index (χ4n) is 3.41. The second-order valence-electron chi connectivity index (χ2n) is 6.39. The van der Waals surface area contributed by atoms with E-state index < -0.39 is 28.0 Å². The van der Waals surface area contributed by atoms with Gasteiger partial charge in [0.1, 0.15) is 0 Å². The normalized spacial score (nSPS) is 13.9. The maximum atomic E-state index is 15.8. The van der Waals surface area contributed by atoms with Gasteiger partial charge in [0.15, 0.2) is 0 Å². The summed E-state index contributed by atoms with van der Waals surface area (Å²) in [4.78, 5) is 0. The summed E-state index contributed by atoms with van der Waals surface area (Å²) < 4.78 is 86.1. The first-order valence-corrected chi connectivity index (χ1v) is 12.2. The quantitative estimate of drug-likeness (QED) is 0.306. The van der Waals surface area contributed by atoms with Crippen LogP contribution in [0.3, 0.4) is 0 Å². The van der Waals surface area contributed by atoms with Crippen molar-refractivity contribution in [1.82, 2.24) is 0 Å². The number of alkyl halides is 3. The molecular weight excluding hydrogens is 439 g/mol. The first kappa shape index (κ1) is 22.2. The molecule has 0 heterocycles. The predicted molar refractivity (Wildman–Crippen MR) is 111 cm³/mol. The predicted octanol–water partition coefficient (Wildman–Crippen LogP) is 4.74. The van der Waals surface area contributed by atoms with Gasteiger partial charge in [0.05, 0.1) is 0 Å². The van der Waals surface area contributed by atoms with E-state index in [2.05, 4.69) is 6.58 Å². The monoisotopic (exact) mass is 456 g/mol. The van der Waals surface area contributed by atoms with Gasteiger partial charge in [0.2, 0.25) is 0 Å². The van der Waals surface area contributed by atoms with Crippen LogP contribution in [0.1, 0.15) is 0 Å². The van der Waals surface area contributed by atoms with E-state index in [0.717, 1.165) is 0 Å². The van der Waals surface area contributed by atoms with Gasteiger partial charge in [-0.3, -0.25) is 0 Å². The van der Waals surface area contributed by atoms with Crippen LogP contribution in [-0.2, 0) is 14.1 Å². The third-order valence-corrected chi connectivity index (χ3v) is 12.1. The zero-order valence-electron chi connectivity index (χ0n) is 15.5. The van der Waals surface area contributed by atoms with E-state index in [0.29, 0.717) is 0 Å². The van der Waals surface area contributed by atoms with Crippen LogP contribution >= 0.6 is 6.83 Å². The molecule has 0 atom stereocenters. The average Bonchev–Trinajstić information content (AvgIpc) is 2.73. The molecule has 0 spiro atoms. The van der Waals surface area contributed by atoms with Crippen molar-refractivity contribution in [1.29, 1.82) is 0 Å². The molecule has 3 aromatic carbocycles. The Balaban J connectivity index is 2.63. The maximum absolute atomic E-state index is 15.8. The van der Waals surface area contributed by atoms with Crippen LogP contribution in [0.15, 0.2) is 103 Å². The molecular formula is C21H17F4O3PS. The summed E-state index contributed by atoms with van der Waals surface area (Å²) in [6.07, 6.45) is 0. The molecule has 0 aliphatic heterocycles. The van der Waals surface area contributed by atoms with Crippen molar-refractivity contribution < 1.29 is 29.9 Å². The fraction of sp³-hybridized carbons (Fsp3) is 0.0476. The van der Waals surface area contributed by atoms with Gasteiger partial charge in [0, 0.05) is 0 Å². The van der Waals surface area contributed by atoms with Gasteiger partial charge in [-0.2, -0.15) is 0 Å². The molecule has 3 rings (SSSR count). The van der Waals surface area contributed by atoms with E-state index in [1.165, 1.54) is 72.8 Å². The Kier molecular flexibility index (Phi) is 5.62. The minimum absolute atomic E-state index is 0.0683. The molecule has 0 saturated carbocycles. The summed E-state index contributed by atoms with van der Waals surface area (Å²) in [6.45, 7) is -2.16. The van der Waals surface area contributed by atoms with Gasteiger partial charge in [-0.15, -0.1) is 0 Å². The number of rotatable bonds is 6. The molecule has 0 radical (unpaired) electrons. The van der Waals surface area contributed by atoms with Gasteiger partial charge in [0.25, 0.3) is 0 Å². The zero-order chi connectivity index (χ0) is 22.1. The van der Waals surface area contributed by atoms with E-state index >= 15 is 4.39 Å². The van der Waals surface area contributed by atoms with E-state index in [1.807, 2.05) is 0 Å². The van der Waals surface area contributed by atoms with Crippen molar-refractivity contribution >= 4 is 32.9 Å². The molecule has 0 bridgehead atoms. The summed E-state index contributed by atoms with van der Waals surface area (Å²) in [6, 6.07) is 21.6. The molecule has 9 heteroatoms. The Morgan fingerprint density at radius 2 is 1.03 bits per heavy atom. The SMILES string of the molecule is C=C(F)P(OS(=O)(=O)C(F)(F)F)(c1ccccc1)(c1ccccc1)c1ccccc1. The molecule has 0 N–H and O–H groups in total. The van der Waals surface area contributed by atoms with Crippen molar-refractivity contribution in [2.45, 2.75) is 5.51 Å². The summed E-state index contributed by atoms with van der Waals surface area (Å²) in [5, 5.41) is -0.205. The Morgan fingerprint density at radius 3 is 1.27 bits per heavy atom. The molecule has 0 aromatic heterocycles. The number of halogens is 4. The van der Waals surface area contributed by atoms with E-state index in [4.69, 9.17) is 3.97 Å². The van der Waals surface area contributed by atoms with Crippen molar-refractivity contribution in [2.75, 3.05) is 0 Å².